The first-order chi connectivity index (χ1) is 9.69. The molecular weight excluding hydrogens is 262 g/mol. The highest BCUT2D eigenvalue weighted by Crippen LogP contribution is 2.23. The lowest BCUT2D eigenvalue weighted by atomic mass is 10.00. The van der Waals surface area contributed by atoms with E-state index in [2.05, 4.69) is 23.6 Å². The van der Waals surface area contributed by atoms with Crippen LogP contribution in [-0.2, 0) is 24.0 Å². The zero-order valence-corrected chi connectivity index (χ0v) is 11.6. The third kappa shape index (κ3) is 4.51. The molecule has 1 aromatic rings. The third-order valence-corrected chi connectivity index (χ3v) is 3.74. The van der Waals surface area contributed by atoms with E-state index >= 15 is 0 Å². The van der Waals surface area contributed by atoms with Crippen molar-refractivity contribution in [2.24, 2.45) is 5.84 Å². The molecule has 20 heavy (non-hydrogen) atoms. The van der Waals surface area contributed by atoms with Gasteiger partial charge in [0.25, 0.3) is 6.43 Å². The van der Waals surface area contributed by atoms with Gasteiger partial charge in [0, 0.05) is 12.6 Å². The number of ether oxygens (including phenoxy) is 1. The molecule has 0 saturated heterocycles. The van der Waals surface area contributed by atoms with Gasteiger partial charge in [0.15, 0.2) is 0 Å². The normalized spacial score (nSPS) is 15.6. The smallest absolute Gasteiger partial charge is 0.261 e. The Labute approximate surface area is 118 Å². The molecule has 0 bridgehead atoms. The number of benzene rings is 1. The maximum absolute atomic E-state index is 11.9. The summed E-state index contributed by atoms with van der Waals surface area (Å²) in [5.74, 6) is 5.52. The highest BCUT2D eigenvalue weighted by atomic mass is 19.3. The Bertz CT molecular complexity index is 426. The molecule has 0 amide bonds. The fourth-order valence-electron chi connectivity index (χ4n) is 2.68. The molecule has 1 atom stereocenters. The van der Waals surface area contributed by atoms with E-state index in [0.29, 0.717) is 13.0 Å². The molecule has 2 rings (SSSR count). The minimum absolute atomic E-state index is 0.0483. The zero-order chi connectivity index (χ0) is 14.4. The highest BCUT2D eigenvalue weighted by molar-refractivity contribution is 5.35. The molecule has 1 aliphatic rings. The molecule has 1 aliphatic carbocycles. The van der Waals surface area contributed by atoms with E-state index in [0.717, 1.165) is 12.8 Å². The Morgan fingerprint density at radius 2 is 2.05 bits per heavy atom. The summed E-state index contributed by atoms with van der Waals surface area (Å²) in [6, 6.07) is 6.62. The standard InChI is InChI=1S/C15H22F2N2O/c16-15(17)10-20-7-6-14(19-18)9-11-4-5-12-2-1-3-13(12)8-11/h4-5,8,14-15,19H,1-3,6-7,9-10,18H2. The van der Waals surface area contributed by atoms with Crippen molar-refractivity contribution in [3.8, 4) is 0 Å². The van der Waals surface area contributed by atoms with Crippen molar-refractivity contribution in [1.29, 1.82) is 0 Å². The molecule has 0 radical (unpaired) electrons. The lowest BCUT2D eigenvalue weighted by Crippen LogP contribution is -2.37. The summed E-state index contributed by atoms with van der Waals surface area (Å²) < 4.78 is 28.8. The van der Waals surface area contributed by atoms with Crippen LogP contribution in [0, 0.1) is 0 Å². The van der Waals surface area contributed by atoms with Gasteiger partial charge in [-0.3, -0.25) is 11.3 Å². The molecule has 3 N–H and O–H groups in total. The second-order valence-corrected chi connectivity index (χ2v) is 5.28. The molecular formula is C15H22F2N2O. The average Bonchev–Trinajstić information content (AvgIpc) is 2.89. The summed E-state index contributed by atoms with van der Waals surface area (Å²) in [5.41, 5.74) is 6.86. The van der Waals surface area contributed by atoms with Crippen molar-refractivity contribution >= 4 is 0 Å². The molecule has 3 nitrogen and oxygen atoms in total. The number of halogens is 2. The second kappa shape index (κ2) is 7.67. The lowest BCUT2D eigenvalue weighted by molar-refractivity contribution is 0.0144. The van der Waals surface area contributed by atoms with Crippen LogP contribution in [0.4, 0.5) is 8.78 Å². The molecule has 0 aromatic heterocycles. The van der Waals surface area contributed by atoms with Crippen LogP contribution < -0.4 is 11.3 Å². The summed E-state index contributed by atoms with van der Waals surface area (Å²) >= 11 is 0. The quantitative estimate of drug-likeness (QED) is 0.437. The summed E-state index contributed by atoms with van der Waals surface area (Å²) in [4.78, 5) is 0. The molecule has 5 heteroatoms. The van der Waals surface area contributed by atoms with Crippen LogP contribution in [0.25, 0.3) is 0 Å². The van der Waals surface area contributed by atoms with E-state index in [9.17, 15) is 8.78 Å². The predicted molar refractivity (Wildman–Crippen MR) is 74.7 cm³/mol. The molecule has 112 valence electrons. The Balaban J connectivity index is 1.80. The van der Waals surface area contributed by atoms with Crippen molar-refractivity contribution in [1.82, 2.24) is 5.43 Å². The molecule has 0 spiro atoms. The van der Waals surface area contributed by atoms with Crippen LogP contribution in [0.3, 0.4) is 0 Å². The van der Waals surface area contributed by atoms with Gasteiger partial charge in [0.1, 0.15) is 6.61 Å². The molecule has 0 heterocycles. The number of hydrogen-bond acceptors (Lipinski definition) is 3. The van der Waals surface area contributed by atoms with E-state index in [1.165, 1.54) is 29.5 Å². The minimum atomic E-state index is -2.41. The largest absolute Gasteiger partial charge is 0.375 e. The van der Waals surface area contributed by atoms with Crippen LogP contribution in [0.1, 0.15) is 29.5 Å². The van der Waals surface area contributed by atoms with Gasteiger partial charge < -0.3 is 4.74 Å². The van der Waals surface area contributed by atoms with Gasteiger partial charge in [-0.05, 0) is 48.8 Å². The topological polar surface area (TPSA) is 47.3 Å². The van der Waals surface area contributed by atoms with Crippen LogP contribution in [0.5, 0.6) is 0 Å². The zero-order valence-electron chi connectivity index (χ0n) is 11.6. The summed E-state index contributed by atoms with van der Waals surface area (Å²) in [5, 5.41) is 0. The van der Waals surface area contributed by atoms with E-state index < -0.39 is 13.0 Å². The van der Waals surface area contributed by atoms with Crippen LogP contribution >= 0.6 is 0 Å². The van der Waals surface area contributed by atoms with Gasteiger partial charge in [0.2, 0.25) is 0 Å². The van der Waals surface area contributed by atoms with Crippen molar-refractivity contribution in [3.05, 3.63) is 34.9 Å². The number of nitrogens with two attached hydrogens (primary N) is 1. The monoisotopic (exact) mass is 284 g/mol. The average molecular weight is 284 g/mol. The van der Waals surface area contributed by atoms with Crippen LogP contribution in [0.2, 0.25) is 0 Å². The van der Waals surface area contributed by atoms with E-state index in [4.69, 9.17) is 10.6 Å². The maximum atomic E-state index is 11.9. The van der Waals surface area contributed by atoms with Gasteiger partial charge in [-0.25, -0.2) is 8.78 Å². The van der Waals surface area contributed by atoms with Crippen molar-refractivity contribution < 1.29 is 13.5 Å². The number of fused-ring (bicyclic) bond motifs is 1. The Morgan fingerprint density at radius 1 is 1.25 bits per heavy atom. The Morgan fingerprint density at radius 3 is 2.80 bits per heavy atom. The SMILES string of the molecule is NNC(CCOCC(F)F)Cc1ccc2c(c1)CCC2. The number of nitrogens with one attached hydrogen (secondary N) is 1. The third-order valence-electron chi connectivity index (χ3n) is 3.74. The fraction of sp³-hybridized carbons (Fsp3) is 0.600. The maximum Gasteiger partial charge on any atom is 0.261 e. The molecule has 0 aliphatic heterocycles. The second-order valence-electron chi connectivity index (χ2n) is 5.28. The fourth-order valence-corrected chi connectivity index (χ4v) is 2.68. The molecule has 1 aromatic carbocycles. The number of aryl methyl sites for hydroxylation is 2. The lowest BCUT2D eigenvalue weighted by Gasteiger charge is -2.16. The van der Waals surface area contributed by atoms with Gasteiger partial charge >= 0.3 is 0 Å². The van der Waals surface area contributed by atoms with Gasteiger partial charge in [-0.2, -0.15) is 0 Å². The van der Waals surface area contributed by atoms with Crippen LogP contribution in [-0.4, -0.2) is 25.7 Å². The Hall–Kier alpha value is -1.04. The molecule has 0 saturated carbocycles. The number of hydrogen-bond donors (Lipinski definition) is 2. The van der Waals surface area contributed by atoms with Crippen molar-refractivity contribution in [3.63, 3.8) is 0 Å². The van der Waals surface area contributed by atoms with Gasteiger partial charge in [-0.15, -0.1) is 0 Å². The molecule has 0 fully saturated rings. The number of rotatable bonds is 8. The first-order valence-corrected chi connectivity index (χ1v) is 7.11. The van der Waals surface area contributed by atoms with Crippen molar-refractivity contribution in [2.45, 2.75) is 44.6 Å². The Kier molecular flexibility index (Phi) is 5.88. The summed E-state index contributed by atoms with van der Waals surface area (Å²) in [6.07, 6.45) is 2.58. The molecule has 1 unspecified atom stereocenters. The summed E-state index contributed by atoms with van der Waals surface area (Å²) in [7, 11) is 0. The first-order valence-electron chi connectivity index (χ1n) is 7.11. The number of alkyl halides is 2. The van der Waals surface area contributed by atoms with Gasteiger partial charge in [-0.1, -0.05) is 18.2 Å². The van der Waals surface area contributed by atoms with Crippen LogP contribution in [0.15, 0.2) is 18.2 Å². The van der Waals surface area contributed by atoms with Gasteiger partial charge in [0.05, 0.1) is 0 Å². The summed E-state index contributed by atoms with van der Waals surface area (Å²) in [6.45, 7) is -0.208. The minimum Gasteiger partial charge on any atom is -0.375 e. The van der Waals surface area contributed by atoms with E-state index in [1.54, 1.807) is 0 Å². The van der Waals surface area contributed by atoms with E-state index in [-0.39, 0.29) is 6.04 Å². The number of hydrazine groups is 1. The highest BCUT2D eigenvalue weighted by Gasteiger charge is 2.13. The predicted octanol–water partition coefficient (Wildman–Crippen LogP) is 2.22. The van der Waals surface area contributed by atoms with E-state index in [1.807, 2.05) is 0 Å². The van der Waals surface area contributed by atoms with Crippen molar-refractivity contribution in [2.75, 3.05) is 13.2 Å². The first kappa shape index (κ1) is 15.4.